The normalized spacial score (nSPS) is 15.0. The third-order valence-electron chi connectivity index (χ3n) is 3.92. The van der Waals surface area contributed by atoms with Crippen LogP contribution in [0.25, 0.3) is 0 Å². The molecule has 0 saturated carbocycles. The molecule has 1 heterocycles. The van der Waals surface area contributed by atoms with Gasteiger partial charge < -0.3 is 5.32 Å². The SMILES string of the molecule is Cc1cc(C)c2c(c1)Nc1c([N+](=O)[O-])cc(C(F)(F)F)c(Cl)c1S2(=O)=O. The summed E-state index contributed by atoms with van der Waals surface area (Å²) in [5.74, 6) is 0. The first-order valence-electron chi connectivity index (χ1n) is 7.07. The fourth-order valence-corrected chi connectivity index (χ4v) is 5.40. The predicted molar refractivity (Wildman–Crippen MR) is 87.8 cm³/mol. The lowest BCUT2D eigenvalue weighted by Gasteiger charge is -2.25. The molecule has 0 amide bonds. The van der Waals surface area contributed by atoms with Gasteiger partial charge in [-0.25, -0.2) is 8.42 Å². The van der Waals surface area contributed by atoms with Crippen LogP contribution in [0.5, 0.6) is 0 Å². The number of hydrogen-bond donors (Lipinski definition) is 1. The molecule has 3 rings (SSSR count). The molecule has 0 fully saturated rings. The molecular formula is C15H10ClF3N2O4S. The minimum Gasteiger partial charge on any atom is -0.348 e. The second-order valence-corrected chi connectivity index (χ2v) is 8.00. The molecule has 1 N–H and O–H groups in total. The topological polar surface area (TPSA) is 89.3 Å². The molecule has 26 heavy (non-hydrogen) atoms. The Hall–Kier alpha value is -2.33. The Balaban J connectivity index is 2.49. The number of alkyl halides is 3. The molecule has 0 unspecified atom stereocenters. The summed E-state index contributed by atoms with van der Waals surface area (Å²) in [6.45, 7) is 3.16. The Morgan fingerprint density at radius 3 is 2.31 bits per heavy atom. The van der Waals surface area contributed by atoms with Gasteiger partial charge in [0.2, 0.25) is 9.84 Å². The molecule has 2 aromatic carbocycles. The van der Waals surface area contributed by atoms with E-state index in [1.54, 1.807) is 13.0 Å². The largest absolute Gasteiger partial charge is 0.418 e. The number of hydrogen-bond acceptors (Lipinski definition) is 5. The summed E-state index contributed by atoms with van der Waals surface area (Å²) < 4.78 is 65.6. The molecule has 138 valence electrons. The van der Waals surface area contributed by atoms with Crippen molar-refractivity contribution in [1.82, 2.24) is 0 Å². The van der Waals surface area contributed by atoms with Gasteiger partial charge in [0.05, 0.1) is 26.1 Å². The lowest BCUT2D eigenvalue weighted by atomic mass is 10.1. The standard InChI is InChI=1S/C15H10ClF3N2O4S/c1-6-3-7(2)13-9(4-6)20-12-10(21(22)23)5-8(15(17,18)19)11(16)14(12)26(13,24)25/h3-5,20H,1-2H3. The van der Waals surface area contributed by atoms with Crippen LogP contribution in [0.15, 0.2) is 28.0 Å². The first-order chi connectivity index (χ1) is 11.9. The zero-order chi connectivity index (χ0) is 19.6. The van der Waals surface area contributed by atoms with Crippen molar-refractivity contribution in [2.24, 2.45) is 0 Å². The third kappa shape index (κ3) is 2.60. The minimum absolute atomic E-state index is 0.0499. The van der Waals surface area contributed by atoms with Gasteiger partial charge in [0.1, 0.15) is 10.6 Å². The quantitative estimate of drug-likeness (QED) is 0.464. The predicted octanol–water partition coefficient (Wildman–Crippen LogP) is 4.77. The van der Waals surface area contributed by atoms with Crippen LogP contribution in [0, 0.1) is 24.0 Å². The van der Waals surface area contributed by atoms with E-state index in [0.29, 0.717) is 5.56 Å². The van der Waals surface area contributed by atoms with Crippen LogP contribution in [0.2, 0.25) is 5.02 Å². The smallest absolute Gasteiger partial charge is 0.348 e. The number of anilines is 2. The molecule has 1 aliphatic rings. The Morgan fingerprint density at radius 2 is 1.77 bits per heavy atom. The number of nitrogens with one attached hydrogen (secondary N) is 1. The van der Waals surface area contributed by atoms with Crippen LogP contribution < -0.4 is 5.32 Å². The van der Waals surface area contributed by atoms with Crippen LogP contribution in [-0.2, 0) is 16.0 Å². The first-order valence-corrected chi connectivity index (χ1v) is 8.93. The maximum Gasteiger partial charge on any atom is 0.418 e. The van der Waals surface area contributed by atoms with Crippen LogP contribution >= 0.6 is 11.6 Å². The van der Waals surface area contributed by atoms with Crippen molar-refractivity contribution in [1.29, 1.82) is 0 Å². The first kappa shape index (κ1) is 18.5. The van der Waals surface area contributed by atoms with E-state index in [1.807, 2.05) is 0 Å². The van der Waals surface area contributed by atoms with Crippen molar-refractivity contribution in [2.45, 2.75) is 29.8 Å². The molecule has 0 radical (unpaired) electrons. The number of halogens is 4. The highest BCUT2D eigenvalue weighted by atomic mass is 35.5. The van der Waals surface area contributed by atoms with E-state index in [4.69, 9.17) is 11.6 Å². The van der Waals surface area contributed by atoms with Gasteiger partial charge in [0.15, 0.2) is 0 Å². The van der Waals surface area contributed by atoms with Crippen molar-refractivity contribution in [3.63, 3.8) is 0 Å². The van der Waals surface area contributed by atoms with Gasteiger partial charge in [-0.1, -0.05) is 17.7 Å². The van der Waals surface area contributed by atoms with E-state index in [9.17, 15) is 31.7 Å². The minimum atomic E-state index is -5.06. The summed E-state index contributed by atoms with van der Waals surface area (Å²) in [5, 5.41) is 12.8. The molecule has 0 saturated heterocycles. The molecule has 11 heteroatoms. The number of aryl methyl sites for hydroxylation is 2. The van der Waals surface area contributed by atoms with E-state index in [2.05, 4.69) is 5.32 Å². The summed E-state index contributed by atoms with van der Waals surface area (Å²) in [6.07, 6.45) is -5.06. The van der Waals surface area contributed by atoms with E-state index in [-0.39, 0.29) is 22.2 Å². The summed E-state index contributed by atoms with van der Waals surface area (Å²) in [5.41, 5.74) is -2.17. The number of nitro benzene ring substituents is 1. The Morgan fingerprint density at radius 1 is 1.15 bits per heavy atom. The fourth-order valence-electron chi connectivity index (χ4n) is 2.98. The van der Waals surface area contributed by atoms with Gasteiger partial charge >= 0.3 is 6.18 Å². The number of benzene rings is 2. The molecule has 6 nitrogen and oxygen atoms in total. The molecule has 2 aromatic rings. The van der Waals surface area contributed by atoms with Crippen LogP contribution in [0.4, 0.5) is 30.2 Å². The summed E-state index contributed by atoms with van der Waals surface area (Å²) in [7, 11) is -4.52. The molecule has 0 aliphatic carbocycles. The van der Waals surface area contributed by atoms with Gasteiger partial charge in [-0.05, 0) is 31.0 Å². The number of nitro groups is 1. The Labute approximate surface area is 150 Å². The van der Waals surface area contributed by atoms with E-state index < -0.39 is 47.8 Å². The summed E-state index contributed by atoms with van der Waals surface area (Å²) >= 11 is 5.76. The number of sulfone groups is 1. The summed E-state index contributed by atoms with van der Waals surface area (Å²) in [4.78, 5) is 9.00. The average molecular weight is 407 g/mol. The lowest BCUT2D eigenvalue weighted by molar-refractivity contribution is -0.384. The zero-order valence-corrected chi connectivity index (χ0v) is 14.8. The second kappa shape index (κ2) is 5.58. The van der Waals surface area contributed by atoms with Crippen molar-refractivity contribution in [2.75, 3.05) is 5.32 Å². The molecule has 0 atom stereocenters. The van der Waals surface area contributed by atoms with Gasteiger partial charge in [0.25, 0.3) is 5.69 Å². The molecule has 0 spiro atoms. The highest BCUT2D eigenvalue weighted by Gasteiger charge is 2.44. The highest BCUT2D eigenvalue weighted by molar-refractivity contribution is 7.92. The zero-order valence-electron chi connectivity index (χ0n) is 13.2. The van der Waals surface area contributed by atoms with E-state index in [0.717, 1.165) is 0 Å². The monoisotopic (exact) mass is 406 g/mol. The van der Waals surface area contributed by atoms with E-state index in [1.165, 1.54) is 13.0 Å². The summed E-state index contributed by atoms with van der Waals surface area (Å²) in [6, 6.07) is 3.22. The fraction of sp³-hybridized carbons (Fsp3) is 0.200. The number of nitrogens with zero attached hydrogens (tertiary/aromatic N) is 1. The molecular weight excluding hydrogens is 397 g/mol. The van der Waals surface area contributed by atoms with Gasteiger partial charge in [-0.15, -0.1) is 0 Å². The highest BCUT2D eigenvalue weighted by Crippen LogP contribution is 2.51. The maximum atomic E-state index is 13.2. The van der Waals surface area contributed by atoms with Gasteiger partial charge in [-0.3, -0.25) is 10.1 Å². The van der Waals surface area contributed by atoms with Gasteiger partial charge in [0, 0.05) is 6.07 Å². The number of fused-ring (bicyclic) bond motifs is 2. The third-order valence-corrected chi connectivity index (χ3v) is 6.45. The molecule has 0 bridgehead atoms. The maximum absolute atomic E-state index is 13.2. The van der Waals surface area contributed by atoms with Crippen molar-refractivity contribution in [3.8, 4) is 0 Å². The van der Waals surface area contributed by atoms with Crippen molar-refractivity contribution < 1.29 is 26.5 Å². The van der Waals surface area contributed by atoms with Gasteiger partial charge in [-0.2, -0.15) is 13.2 Å². The van der Waals surface area contributed by atoms with E-state index >= 15 is 0 Å². The molecule has 0 aromatic heterocycles. The molecule has 1 aliphatic heterocycles. The van der Waals surface area contributed by atoms with Crippen molar-refractivity contribution >= 4 is 38.5 Å². The van der Waals surface area contributed by atoms with Crippen molar-refractivity contribution in [3.05, 3.63) is 50.0 Å². The van der Waals surface area contributed by atoms with Crippen LogP contribution in [-0.4, -0.2) is 13.3 Å². The second-order valence-electron chi connectivity index (χ2n) is 5.80. The Kier molecular flexibility index (Phi) is 3.96. The lowest BCUT2D eigenvalue weighted by Crippen LogP contribution is -2.19. The van der Waals surface area contributed by atoms with Crippen LogP contribution in [0.3, 0.4) is 0 Å². The average Bonchev–Trinajstić information content (AvgIpc) is 2.43. The van der Waals surface area contributed by atoms with Crippen LogP contribution in [0.1, 0.15) is 16.7 Å². The number of rotatable bonds is 1. The Bertz CT molecular complexity index is 1080.